The Kier molecular flexibility index (Phi) is 2.98. The SMILES string of the molecule is CCn1nc(C)c2nc(N)n(CC(=O)N(C)C)c21. The number of carbonyl (C=O) groups excluding carboxylic acids is 1. The molecule has 0 aromatic carbocycles. The third kappa shape index (κ3) is 1.81. The maximum absolute atomic E-state index is 11.8. The van der Waals surface area contributed by atoms with Crippen molar-refractivity contribution in [2.45, 2.75) is 26.9 Å². The Hall–Kier alpha value is -2.05. The van der Waals surface area contributed by atoms with Gasteiger partial charge in [0.2, 0.25) is 11.9 Å². The van der Waals surface area contributed by atoms with E-state index in [2.05, 4.69) is 10.1 Å². The minimum Gasteiger partial charge on any atom is -0.369 e. The van der Waals surface area contributed by atoms with E-state index in [9.17, 15) is 4.79 Å². The topological polar surface area (TPSA) is 82.0 Å². The molecular weight excluding hydrogens is 232 g/mol. The second kappa shape index (κ2) is 4.32. The van der Waals surface area contributed by atoms with Gasteiger partial charge in [0.25, 0.3) is 0 Å². The van der Waals surface area contributed by atoms with Gasteiger partial charge >= 0.3 is 0 Å². The molecule has 7 nitrogen and oxygen atoms in total. The molecule has 0 aliphatic carbocycles. The normalized spacial score (nSPS) is 11.1. The third-order valence-electron chi connectivity index (χ3n) is 2.92. The molecule has 0 radical (unpaired) electrons. The van der Waals surface area contributed by atoms with Crippen LogP contribution in [0.4, 0.5) is 5.95 Å². The van der Waals surface area contributed by atoms with Crippen molar-refractivity contribution in [3.8, 4) is 0 Å². The van der Waals surface area contributed by atoms with Crippen molar-refractivity contribution >= 4 is 23.0 Å². The lowest BCUT2D eigenvalue weighted by Crippen LogP contribution is -2.27. The summed E-state index contributed by atoms with van der Waals surface area (Å²) in [6.07, 6.45) is 0. The molecule has 2 rings (SSSR count). The lowest BCUT2D eigenvalue weighted by molar-refractivity contribution is -0.129. The van der Waals surface area contributed by atoms with Gasteiger partial charge < -0.3 is 10.6 Å². The average molecular weight is 250 g/mol. The minimum atomic E-state index is -0.0255. The van der Waals surface area contributed by atoms with Gasteiger partial charge in [-0.3, -0.25) is 9.36 Å². The van der Waals surface area contributed by atoms with Crippen molar-refractivity contribution in [3.63, 3.8) is 0 Å². The Morgan fingerprint density at radius 1 is 1.44 bits per heavy atom. The summed E-state index contributed by atoms with van der Waals surface area (Å²) in [5.41, 5.74) is 8.28. The zero-order chi connectivity index (χ0) is 13.4. The number of carbonyl (C=O) groups is 1. The minimum absolute atomic E-state index is 0.0255. The second-order valence-corrected chi connectivity index (χ2v) is 4.42. The van der Waals surface area contributed by atoms with Crippen molar-refractivity contribution in [3.05, 3.63) is 5.69 Å². The monoisotopic (exact) mass is 250 g/mol. The maximum atomic E-state index is 11.8. The molecule has 0 saturated carbocycles. The second-order valence-electron chi connectivity index (χ2n) is 4.42. The molecule has 0 aliphatic rings. The summed E-state index contributed by atoms with van der Waals surface area (Å²) in [6.45, 7) is 4.78. The first-order valence-electron chi connectivity index (χ1n) is 5.85. The molecule has 18 heavy (non-hydrogen) atoms. The van der Waals surface area contributed by atoms with Gasteiger partial charge in [0.05, 0.1) is 5.69 Å². The molecule has 0 unspecified atom stereocenters. The first-order chi connectivity index (χ1) is 8.45. The van der Waals surface area contributed by atoms with Crippen LogP contribution in [0.1, 0.15) is 12.6 Å². The van der Waals surface area contributed by atoms with Gasteiger partial charge in [-0.05, 0) is 13.8 Å². The summed E-state index contributed by atoms with van der Waals surface area (Å²) in [5.74, 6) is 0.324. The van der Waals surface area contributed by atoms with E-state index in [1.807, 2.05) is 18.5 Å². The highest BCUT2D eigenvalue weighted by Crippen LogP contribution is 2.21. The Morgan fingerprint density at radius 2 is 2.11 bits per heavy atom. The van der Waals surface area contributed by atoms with Gasteiger partial charge in [0, 0.05) is 20.6 Å². The predicted octanol–water partition coefficient (Wildman–Crippen LogP) is 0.232. The van der Waals surface area contributed by atoms with Crippen LogP contribution >= 0.6 is 0 Å². The van der Waals surface area contributed by atoms with Crippen molar-refractivity contribution in [1.82, 2.24) is 24.2 Å². The zero-order valence-corrected chi connectivity index (χ0v) is 11.1. The number of aryl methyl sites for hydroxylation is 2. The molecular formula is C11H18N6O. The number of nitrogens with zero attached hydrogens (tertiary/aromatic N) is 5. The van der Waals surface area contributed by atoms with E-state index in [4.69, 9.17) is 5.73 Å². The van der Waals surface area contributed by atoms with Crippen molar-refractivity contribution in [1.29, 1.82) is 0 Å². The largest absolute Gasteiger partial charge is 0.369 e. The average Bonchev–Trinajstić information content (AvgIpc) is 2.78. The van der Waals surface area contributed by atoms with Gasteiger partial charge in [-0.15, -0.1) is 0 Å². The number of amides is 1. The van der Waals surface area contributed by atoms with Crippen molar-refractivity contribution < 1.29 is 4.79 Å². The highest BCUT2D eigenvalue weighted by atomic mass is 16.2. The molecule has 0 fully saturated rings. The molecule has 2 aromatic rings. The highest BCUT2D eigenvalue weighted by Gasteiger charge is 2.18. The number of rotatable bonds is 3. The van der Waals surface area contributed by atoms with Crippen LogP contribution in [-0.2, 0) is 17.9 Å². The molecule has 0 saturated heterocycles. The predicted molar refractivity (Wildman–Crippen MR) is 69.0 cm³/mol. The summed E-state index contributed by atoms with van der Waals surface area (Å²) >= 11 is 0. The number of nitrogens with two attached hydrogens (primary N) is 1. The summed E-state index contributed by atoms with van der Waals surface area (Å²) in [5, 5.41) is 4.38. The van der Waals surface area contributed by atoms with E-state index < -0.39 is 0 Å². The van der Waals surface area contributed by atoms with E-state index in [0.717, 1.165) is 16.9 Å². The third-order valence-corrected chi connectivity index (χ3v) is 2.92. The molecule has 2 heterocycles. The van der Waals surface area contributed by atoms with Crippen LogP contribution in [0.3, 0.4) is 0 Å². The number of aromatic nitrogens is 4. The lowest BCUT2D eigenvalue weighted by Gasteiger charge is -2.12. The summed E-state index contributed by atoms with van der Waals surface area (Å²) in [7, 11) is 3.43. The Balaban J connectivity index is 2.55. The van der Waals surface area contributed by atoms with Crippen molar-refractivity contribution in [2.75, 3.05) is 19.8 Å². The van der Waals surface area contributed by atoms with Gasteiger partial charge in [0.15, 0.2) is 5.65 Å². The number of hydrogen-bond donors (Lipinski definition) is 1. The number of likely N-dealkylation sites (N-methyl/N-ethyl adjacent to an activating group) is 1. The summed E-state index contributed by atoms with van der Waals surface area (Å²) in [6, 6.07) is 0. The fourth-order valence-corrected chi connectivity index (χ4v) is 1.89. The molecule has 0 bridgehead atoms. The number of anilines is 1. The molecule has 0 aliphatic heterocycles. The first-order valence-corrected chi connectivity index (χ1v) is 5.85. The van der Waals surface area contributed by atoms with E-state index in [-0.39, 0.29) is 12.5 Å². The molecule has 0 spiro atoms. The Labute approximate surface area is 105 Å². The maximum Gasteiger partial charge on any atom is 0.242 e. The van der Waals surface area contributed by atoms with E-state index in [1.54, 1.807) is 18.7 Å². The Bertz CT molecular complexity index is 594. The smallest absolute Gasteiger partial charge is 0.242 e. The number of nitrogen functional groups attached to an aromatic ring is 1. The molecule has 98 valence electrons. The summed E-state index contributed by atoms with van der Waals surface area (Å²) in [4.78, 5) is 17.6. The van der Waals surface area contributed by atoms with Crippen LogP contribution in [0.2, 0.25) is 0 Å². The Morgan fingerprint density at radius 3 is 2.67 bits per heavy atom. The lowest BCUT2D eigenvalue weighted by atomic mass is 10.4. The van der Waals surface area contributed by atoms with E-state index in [0.29, 0.717) is 12.5 Å². The standard InChI is InChI=1S/C11H18N6O/c1-5-17-10-9(7(2)14-17)13-11(12)16(10)6-8(18)15(3)4/h5-6H2,1-4H3,(H2,12,13). The first kappa shape index (κ1) is 12.4. The van der Waals surface area contributed by atoms with E-state index >= 15 is 0 Å². The highest BCUT2D eigenvalue weighted by molar-refractivity contribution is 5.82. The number of hydrogen-bond acceptors (Lipinski definition) is 4. The molecule has 2 N–H and O–H groups in total. The number of imidazole rings is 1. The fraction of sp³-hybridized carbons (Fsp3) is 0.545. The summed E-state index contributed by atoms with van der Waals surface area (Å²) < 4.78 is 3.53. The van der Waals surface area contributed by atoms with Crippen LogP contribution in [0, 0.1) is 6.92 Å². The van der Waals surface area contributed by atoms with E-state index in [1.165, 1.54) is 4.90 Å². The molecule has 7 heteroatoms. The molecule has 2 aromatic heterocycles. The van der Waals surface area contributed by atoms with Crippen LogP contribution in [0.25, 0.3) is 11.2 Å². The van der Waals surface area contributed by atoms with Gasteiger partial charge in [-0.25, -0.2) is 9.67 Å². The molecule has 0 atom stereocenters. The number of fused-ring (bicyclic) bond motifs is 1. The van der Waals surface area contributed by atoms with Crippen LogP contribution < -0.4 is 5.73 Å². The van der Waals surface area contributed by atoms with Gasteiger partial charge in [-0.2, -0.15) is 5.10 Å². The fourth-order valence-electron chi connectivity index (χ4n) is 1.89. The van der Waals surface area contributed by atoms with Gasteiger partial charge in [0.1, 0.15) is 12.1 Å². The van der Waals surface area contributed by atoms with Crippen LogP contribution in [0.15, 0.2) is 0 Å². The molecule has 1 amide bonds. The van der Waals surface area contributed by atoms with Crippen LogP contribution in [-0.4, -0.2) is 44.2 Å². The van der Waals surface area contributed by atoms with Crippen LogP contribution in [0.5, 0.6) is 0 Å². The van der Waals surface area contributed by atoms with Crippen molar-refractivity contribution in [2.24, 2.45) is 0 Å². The van der Waals surface area contributed by atoms with Gasteiger partial charge in [-0.1, -0.05) is 0 Å². The quantitative estimate of drug-likeness (QED) is 0.845. The zero-order valence-electron chi connectivity index (χ0n) is 11.1.